The Balaban J connectivity index is 2.06. The number of anilines is 1. The quantitative estimate of drug-likeness (QED) is 0.156. The number of aryl methyl sites for hydroxylation is 1. The van der Waals surface area contributed by atoms with E-state index in [1.54, 1.807) is 24.1 Å². The number of urea groups is 1. The largest absolute Gasteiger partial charge is 0.513 e. The number of hydrogen-bond acceptors (Lipinski definition) is 4. The molecule has 0 saturated heterocycles. The molecule has 3 aromatic carbocycles. The molecule has 0 spiro atoms. The molecule has 0 bridgehead atoms. The molecule has 3 rings (SSSR count). The fraction of sp³-hybridized carbons (Fsp3) is 0.323. The van der Waals surface area contributed by atoms with E-state index in [0.717, 1.165) is 42.4 Å². The van der Waals surface area contributed by atoms with Crippen molar-refractivity contribution in [3.63, 3.8) is 0 Å². The molecule has 0 radical (unpaired) electrons. The number of carbonyl (C=O) groups excluding carboxylic acids is 2. The topological polar surface area (TPSA) is 95.9 Å². The van der Waals surface area contributed by atoms with E-state index in [9.17, 15) is 14.4 Å². The molecule has 2 N–H and O–H groups in total. The van der Waals surface area contributed by atoms with Crippen LogP contribution in [0.15, 0.2) is 66.7 Å². The number of ether oxygens (including phenoxy) is 1. The maximum Gasteiger partial charge on any atom is 0.513 e. The molecule has 3 aromatic rings. The van der Waals surface area contributed by atoms with Crippen LogP contribution in [0, 0.1) is 0 Å². The molecule has 0 atom stereocenters. The van der Waals surface area contributed by atoms with Crippen molar-refractivity contribution in [2.45, 2.75) is 52.4 Å². The summed E-state index contributed by atoms with van der Waals surface area (Å²) < 4.78 is 4.52. The van der Waals surface area contributed by atoms with Crippen LogP contribution in [0.5, 0.6) is 0 Å². The van der Waals surface area contributed by atoms with Crippen LogP contribution in [0.2, 0.25) is 0 Å². The van der Waals surface area contributed by atoms with Crippen LogP contribution >= 0.6 is 0 Å². The highest BCUT2D eigenvalue weighted by molar-refractivity contribution is 6.05. The summed E-state index contributed by atoms with van der Waals surface area (Å²) in [5.74, 6) is -0.958. The van der Waals surface area contributed by atoms with Crippen LogP contribution in [-0.4, -0.2) is 36.9 Å². The maximum absolute atomic E-state index is 13.2. The summed E-state index contributed by atoms with van der Waals surface area (Å²) >= 11 is 0. The second-order valence-electron chi connectivity index (χ2n) is 9.15. The number of hydrogen-bond donors (Lipinski definition) is 2. The Kier molecular flexibility index (Phi) is 10.5. The number of amides is 2. The third kappa shape index (κ3) is 7.22. The number of unbranched alkanes of at least 4 members (excludes halogenated alkanes) is 4. The van der Waals surface area contributed by atoms with Gasteiger partial charge in [0.25, 0.3) is 0 Å². The van der Waals surface area contributed by atoms with Crippen LogP contribution in [0.4, 0.5) is 15.3 Å². The lowest BCUT2D eigenvalue weighted by molar-refractivity contribution is 0.0510. The minimum atomic E-state index is -1.67. The first kappa shape index (κ1) is 28.4. The summed E-state index contributed by atoms with van der Waals surface area (Å²) in [6.45, 7) is 4.70. The number of nitrogens with one attached hydrogen (secondary N) is 1. The number of carbonyl (C=O) groups is 3. The SMILES string of the molecule is CCCCCCCNC(=O)N(C)c1cc(-c2ccccc2)ccc1-c1c(CC)cccc1C(=O)OC(=O)O. The lowest BCUT2D eigenvalue weighted by atomic mass is 9.90. The first-order chi connectivity index (χ1) is 18.4. The Morgan fingerprint density at radius 3 is 2.29 bits per heavy atom. The van der Waals surface area contributed by atoms with Crippen LogP contribution in [0.1, 0.15) is 61.9 Å². The molecule has 0 aliphatic carbocycles. The van der Waals surface area contributed by atoms with Crippen molar-refractivity contribution in [3.8, 4) is 22.3 Å². The Morgan fingerprint density at radius 1 is 0.868 bits per heavy atom. The third-order valence-electron chi connectivity index (χ3n) is 6.53. The Labute approximate surface area is 224 Å². The molecule has 0 saturated carbocycles. The molecular weight excluding hydrogens is 480 g/mol. The van der Waals surface area contributed by atoms with Gasteiger partial charge in [0.05, 0.1) is 11.3 Å². The average Bonchev–Trinajstić information content (AvgIpc) is 2.93. The van der Waals surface area contributed by atoms with Crippen molar-refractivity contribution in [2.75, 3.05) is 18.5 Å². The van der Waals surface area contributed by atoms with Gasteiger partial charge in [-0.3, -0.25) is 4.90 Å². The smallest absolute Gasteiger partial charge is 0.449 e. The van der Waals surface area contributed by atoms with E-state index in [1.807, 2.05) is 61.5 Å². The van der Waals surface area contributed by atoms with E-state index in [2.05, 4.69) is 17.0 Å². The predicted octanol–water partition coefficient (Wildman–Crippen LogP) is 7.53. The number of nitrogens with zero attached hydrogens (tertiary/aromatic N) is 1. The van der Waals surface area contributed by atoms with Crippen molar-refractivity contribution in [2.24, 2.45) is 0 Å². The molecule has 7 nitrogen and oxygen atoms in total. The van der Waals surface area contributed by atoms with Crippen molar-refractivity contribution in [1.82, 2.24) is 5.32 Å². The van der Waals surface area contributed by atoms with Gasteiger partial charge in [-0.15, -0.1) is 0 Å². The minimum absolute atomic E-state index is 0.130. The van der Waals surface area contributed by atoms with Gasteiger partial charge in [0, 0.05) is 24.7 Å². The fourth-order valence-corrected chi connectivity index (χ4v) is 4.50. The van der Waals surface area contributed by atoms with E-state index in [4.69, 9.17) is 5.11 Å². The highest BCUT2D eigenvalue weighted by atomic mass is 16.7. The van der Waals surface area contributed by atoms with Gasteiger partial charge in [-0.25, -0.2) is 14.4 Å². The zero-order valence-corrected chi connectivity index (χ0v) is 22.3. The van der Waals surface area contributed by atoms with Gasteiger partial charge in [0.1, 0.15) is 0 Å². The van der Waals surface area contributed by atoms with Crippen LogP contribution < -0.4 is 10.2 Å². The number of carboxylic acid groups (broad SMARTS) is 1. The Morgan fingerprint density at radius 2 is 1.61 bits per heavy atom. The predicted molar refractivity (Wildman–Crippen MR) is 151 cm³/mol. The van der Waals surface area contributed by atoms with E-state index in [0.29, 0.717) is 29.8 Å². The van der Waals surface area contributed by atoms with Crippen molar-refractivity contribution < 1.29 is 24.2 Å². The molecule has 7 heteroatoms. The third-order valence-corrected chi connectivity index (χ3v) is 6.53. The molecule has 2 amide bonds. The first-order valence-electron chi connectivity index (χ1n) is 13.2. The van der Waals surface area contributed by atoms with Gasteiger partial charge in [-0.2, -0.15) is 0 Å². The summed E-state index contributed by atoms with van der Waals surface area (Å²) in [4.78, 5) is 38.7. The summed E-state index contributed by atoms with van der Waals surface area (Å²) in [6.07, 6.45) is 4.39. The second-order valence-corrected chi connectivity index (χ2v) is 9.15. The monoisotopic (exact) mass is 516 g/mol. The normalized spacial score (nSPS) is 10.6. The fourth-order valence-electron chi connectivity index (χ4n) is 4.50. The summed E-state index contributed by atoms with van der Waals surface area (Å²) in [7, 11) is 1.70. The van der Waals surface area contributed by atoms with Gasteiger partial charge < -0.3 is 15.2 Å². The molecule has 0 aliphatic heterocycles. The average molecular weight is 517 g/mol. The zero-order valence-electron chi connectivity index (χ0n) is 22.3. The summed E-state index contributed by atoms with van der Waals surface area (Å²) in [5.41, 5.74) is 4.65. The van der Waals surface area contributed by atoms with Crippen LogP contribution in [0.25, 0.3) is 22.3 Å². The molecule has 0 unspecified atom stereocenters. The molecule has 0 fully saturated rings. The van der Waals surface area contributed by atoms with E-state index >= 15 is 0 Å². The van der Waals surface area contributed by atoms with Crippen molar-refractivity contribution in [3.05, 3.63) is 77.9 Å². The first-order valence-corrected chi connectivity index (χ1v) is 13.2. The molecule has 0 heterocycles. The molecule has 38 heavy (non-hydrogen) atoms. The standard InChI is InChI=1S/C31H36N2O5/c1-4-6-7-8-12-20-32-30(35)33(3)27-21-24(23-14-10-9-11-15-23)18-19-25(27)28-22(5-2)16-13-17-26(28)29(34)38-31(36)37/h9-11,13-19,21H,4-8,12,20H2,1-3H3,(H,32,35)(H,36,37). The van der Waals surface area contributed by atoms with Crippen molar-refractivity contribution in [1.29, 1.82) is 0 Å². The van der Waals surface area contributed by atoms with E-state index in [-0.39, 0.29) is 11.6 Å². The molecule has 200 valence electrons. The van der Waals surface area contributed by atoms with Gasteiger partial charge in [0.15, 0.2) is 0 Å². The van der Waals surface area contributed by atoms with Gasteiger partial charge in [-0.1, -0.05) is 94.1 Å². The molecule has 0 aromatic heterocycles. The minimum Gasteiger partial charge on any atom is -0.449 e. The highest BCUT2D eigenvalue weighted by Crippen LogP contribution is 2.38. The second kappa shape index (κ2) is 14.0. The highest BCUT2D eigenvalue weighted by Gasteiger charge is 2.24. The maximum atomic E-state index is 13.2. The summed E-state index contributed by atoms with van der Waals surface area (Å²) in [5, 5.41) is 12.1. The lowest BCUT2D eigenvalue weighted by Gasteiger charge is -2.24. The number of esters is 1. The zero-order chi connectivity index (χ0) is 27.5. The molecular formula is C31H36N2O5. The summed E-state index contributed by atoms with van der Waals surface area (Å²) in [6, 6.07) is 20.4. The number of benzene rings is 3. The molecule has 0 aliphatic rings. The van der Waals surface area contributed by atoms with Crippen molar-refractivity contribution >= 4 is 23.8 Å². The van der Waals surface area contributed by atoms with Gasteiger partial charge in [0.2, 0.25) is 0 Å². The Hall–Kier alpha value is -4.13. The van der Waals surface area contributed by atoms with E-state index < -0.39 is 12.1 Å². The van der Waals surface area contributed by atoms with Crippen LogP contribution in [-0.2, 0) is 11.2 Å². The number of rotatable bonds is 11. The Bertz CT molecular complexity index is 1260. The van der Waals surface area contributed by atoms with Gasteiger partial charge >= 0.3 is 18.2 Å². The van der Waals surface area contributed by atoms with Crippen LogP contribution in [0.3, 0.4) is 0 Å². The van der Waals surface area contributed by atoms with E-state index in [1.165, 1.54) is 6.42 Å². The lowest BCUT2D eigenvalue weighted by Crippen LogP contribution is -2.38. The van der Waals surface area contributed by atoms with Gasteiger partial charge in [-0.05, 0) is 41.7 Å².